The first kappa shape index (κ1) is 34.5. The second kappa shape index (κ2) is 28.4. The van der Waals surface area contributed by atoms with Crippen LogP contribution in [0.3, 0.4) is 0 Å². The quantitative estimate of drug-likeness (QED) is 0.0739. The zero-order valence-corrected chi connectivity index (χ0v) is 25.8. The van der Waals surface area contributed by atoms with Gasteiger partial charge >= 0.3 is 0 Å². The molecule has 0 bridgehead atoms. The topological polar surface area (TPSA) is 3.24 Å². The molecule has 0 spiro atoms. The first-order chi connectivity index (χ1) is 18.4. The van der Waals surface area contributed by atoms with Gasteiger partial charge in [0, 0.05) is 6.04 Å². The molecule has 1 aliphatic heterocycles. The van der Waals surface area contributed by atoms with Crippen LogP contribution in [0, 0.1) is 0 Å². The monoisotopic (exact) mass is 516 g/mol. The van der Waals surface area contributed by atoms with Crippen molar-refractivity contribution in [2.24, 2.45) is 0 Å². The van der Waals surface area contributed by atoms with Gasteiger partial charge in [0.2, 0.25) is 0 Å². The Bertz CT molecular complexity index is 487. The van der Waals surface area contributed by atoms with Gasteiger partial charge in [0.05, 0.1) is 0 Å². The Hall–Kier alpha value is -0.560. The molecule has 1 heteroatoms. The molecule has 1 nitrogen and oxygen atoms in total. The summed E-state index contributed by atoms with van der Waals surface area (Å²) in [4.78, 5) is 2.84. The number of hydrogen-bond donors (Lipinski definition) is 0. The highest BCUT2D eigenvalue weighted by atomic mass is 15.2. The highest BCUT2D eigenvalue weighted by molar-refractivity contribution is 4.92. The third-order valence-electron chi connectivity index (χ3n) is 8.54. The summed E-state index contributed by atoms with van der Waals surface area (Å²) in [6.07, 6.45) is 47.7. The van der Waals surface area contributed by atoms with Gasteiger partial charge in [0.1, 0.15) is 0 Å². The molecule has 1 saturated heterocycles. The molecule has 0 aliphatic carbocycles. The molecular formula is C36H69N. The molecule has 0 N–H and O–H groups in total. The Labute approximate surface area is 235 Å². The van der Waals surface area contributed by atoms with Crippen molar-refractivity contribution in [3.8, 4) is 0 Å². The van der Waals surface area contributed by atoms with Crippen LogP contribution in [0.25, 0.3) is 0 Å². The van der Waals surface area contributed by atoms with E-state index in [1.165, 1.54) is 180 Å². The summed E-state index contributed by atoms with van der Waals surface area (Å²) >= 11 is 0. The lowest BCUT2D eigenvalue weighted by Gasteiger charge is -2.27. The molecule has 0 saturated carbocycles. The predicted octanol–water partition coefficient (Wildman–Crippen LogP) is 12.4. The van der Waals surface area contributed by atoms with Crippen LogP contribution in [0.4, 0.5) is 0 Å². The van der Waals surface area contributed by atoms with Crippen LogP contribution in [0.2, 0.25) is 0 Å². The number of allylic oxidation sites excluding steroid dienone is 4. The molecule has 0 radical (unpaired) electrons. The van der Waals surface area contributed by atoms with Crippen molar-refractivity contribution in [2.45, 2.75) is 193 Å². The molecule has 1 atom stereocenters. The van der Waals surface area contributed by atoms with E-state index in [9.17, 15) is 0 Å². The lowest BCUT2D eigenvalue weighted by molar-refractivity contribution is 0.209. The average molecular weight is 516 g/mol. The van der Waals surface area contributed by atoms with E-state index in [4.69, 9.17) is 0 Å². The second-order valence-corrected chi connectivity index (χ2v) is 12.1. The number of unbranched alkanes of at least 4 members (excludes halogenated alkanes) is 19. The smallest absolute Gasteiger partial charge is 0.00952 e. The molecule has 0 aromatic heterocycles. The molecule has 0 aromatic rings. The SMILES string of the molecule is CCCCCCCC/C=C\C/C=C\CCCCCCCCCC(CCCCCCCCC)N1CCCC1. The predicted molar refractivity (Wildman–Crippen MR) is 170 cm³/mol. The fourth-order valence-electron chi connectivity index (χ4n) is 6.03. The molecule has 1 unspecified atom stereocenters. The standard InChI is InChI=1S/C36H69N/c1-3-5-7-9-11-12-13-14-15-16-17-18-19-20-21-22-23-25-27-29-33-36(37-34-30-31-35-37)32-28-26-24-10-8-6-4-2/h14-15,17-18,36H,3-13,16,19-35H2,1-2H3/b15-14-,18-17-. The third-order valence-corrected chi connectivity index (χ3v) is 8.54. The minimum Gasteiger partial charge on any atom is -0.300 e. The fraction of sp³-hybridized carbons (Fsp3) is 0.889. The molecule has 1 fully saturated rings. The van der Waals surface area contributed by atoms with E-state index in [2.05, 4.69) is 43.1 Å². The molecule has 0 aromatic carbocycles. The Balaban J connectivity index is 1.91. The van der Waals surface area contributed by atoms with Gasteiger partial charge in [-0.05, 0) is 70.9 Å². The third kappa shape index (κ3) is 23.1. The molecule has 218 valence electrons. The maximum Gasteiger partial charge on any atom is 0.00952 e. The van der Waals surface area contributed by atoms with Gasteiger partial charge < -0.3 is 4.90 Å². The van der Waals surface area contributed by atoms with Crippen molar-refractivity contribution in [1.82, 2.24) is 4.90 Å². The summed E-state index contributed by atoms with van der Waals surface area (Å²) in [5.41, 5.74) is 0. The van der Waals surface area contributed by atoms with E-state index in [1.54, 1.807) is 0 Å². The van der Waals surface area contributed by atoms with Crippen molar-refractivity contribution in [1.29, 1.82) is 0 Å². The summed E-state index contributed by atoms with van der Waals surface area (Å²) in [7, 11) is 0. The Morgan fingerprint density at radius 2 is 0.838 bits per heavy atom. The minimum atomic E-state index is 0.898. The van der Waals surface area contributed by atoms with Crippen LogP contribution in [0.5, 0.6) is 0 Å². The van der Waals surface area contributed by atoms with Gasteiger partial charge in [-0.15, -0.1) is 0 Å². The molecule has 37 heavy (non-hydrogen) atoms. The van der Waals surface area contributed by atoms with Crippen molar-refractivity contribution in [3.63, 3.8) is 0 Å². The minimum absolute atomic E-state index is 0.898. The maximum absolute atomic E-state index is 2.84. The van der Waals surface area contributed by atoms with E-state index in [0.717, 1.165) is 12.5 Å². The van der Waals surface area contributed by atoms with Gasteiger partial charge in [0.25, 0.3) is 0 Å². The summed E-state index contributed by atoms with van der Waals surface area (Å²) in [6.45, 7) is 7.37. The largest absolute Gasteiger partial charge is 0.300 e. The zero-order chi connectivity index (χ0) is 26.5. The number of rotatable bonds is 28. The highest BCUT2D eigenvalue weighted by Gasteiger charge is 2.20. The molecule has 1 aliphatic rings. The van der Waals surface area contributed by atoms with E-state index < -0.39 is 0 Å². The highest BCUT2D eigenvalue weighted by Crippen LogP contribution is 2.22. The van der Waals surface area contributed by atoms with E-state index in [1.807, 2.05) is 0 Å². The Morgan fingerprint density at radius 1 is 0.459 bits per heavy atom. The van der Waals surface area contributed by atoms with Gasteiger partial charge in [-0.1, -0.05) is 154 Å². The summed E-state index contributed by atoms with van der Waals surface area (Å²) in [5.74, 6) is 0. The summed E-state index contributed by atoms with van der Waals surface area (Å²) in [5, 5.41) is 0. The van der Waals surface area contributed by atoms with Crippen LogP contribution in [0.1, 0.15) is 187 Å². The van der Waals surface area contributed by atoms with E-state index >= 15 is 0 Å². The zero-order valence-electron chi connectivity index (χ0n) is 25.8. The first-order valence-electron chi connectivity index (χ1n) is 17.4. The number of likely N-dealkylation sites (tertiary alicyclic amines) is 1. The second-order valence-electron chi connectivity index (χ2n) is 12.1. The van der Waals surface area contributed by atoms with Crippen LogP contribution in [-0.2, 0) is 0 Å². The first-order valence-corrected chi connectivity index (χ1v) is 17.4. The molecular weight excluding hydrogens is 446 g/mol. The van der Waals surface area contributed by atoms with Crippen molar-refractivity contribution < 1.29 is 0 Å². The van der Waals surface area contributed by atoms with Crippen LogP contribution < -0.4 is 0 Å². The number of hydrogen-bond acceptors (Lipinski definition) is 1. The van der Waals surface area contributed by atoms with E-state index in [0.29, 0.717) is 0 Å². The lowest BCUT2D eigenvalue weighted by Crippen LogP contribution is -2.32. The van der Waals surface area contributed by atoms with Crippen LogP contribution >= 0.6 is 0 Å². The van der Waals surface area contributed by atoms with Crippen LogP contribution in [-0.4, -0.2) is 24.0 Å². The van der Waals surface area contributed by atoms with Crippen molar-refractivity contribution >= 4 is 0 Å². The molecule has 0 amide bonds. The molecule has 1 rings (SSSR count). The average Bonchev–Trinajstić information content (AvgIpc) is 3.45. The lowest BCUT2D eigenvalue weighted by atomic mass is 9.98. The van der Waals surface area contributed by atoms with Gasteiger partial charge in [-0.3, -0.25) is 0 Å². The normalized spacial score (nSPS) is 15.5. The Kier molecular flexibility index (Phi) is 26.5. The van der Waals surface area contributed by atoms with Gasteiger partial charge in [0.15, 0.2) is 0 Å². The Morgan fingerprint density at radius 3 is 1.27 bits per heavy atom. The van der Waals surface area contributed by atoms with Gasteiger partial charge in [-0.25, -0.2) is 0 Å². The molecule has 1 heterocycles. The maximum atomic E-state index is 2.84. The summed E-state index contributed by atoms with van der Waals surface area (Å²) in [6, 6.07) is 0.898. The summed E-state index contributed by atoms with van der Waals surface area (Å²) < 4.78 is 0. The van der Waals surface area contributed by atoms with Gasteiger partial charge in [-0.2, -0.15) is 0 Å². The number of nitrogens with zero attached hydrogens (tertiary/aromatic N) is 1. The van der Waals surface area contributed by atoms with Crippen LogP contribution in [0.15, 0.2) is 24.3 Å². The van der Waals surface area contributed by atoms with Crippen molar-refractivity contribution in [3.05, 3.63) is 24.3 Å². The fourth-order valence-corrected chi connectivity index (χ4v) is 6.03. The van der Waals surface area contributed by atoms with Crippen molar-refractivity contribution in [2.75, 3.05) is 13.1 Å². The van der Waals surface area contributed by atoms with E-state index in [-0.39, 0.29) is 0 Å².